The van der Waals surface area contributed by atoms with Crippen molar-refractivity contribution in [3.63, 3.8) is 0 Å². The van der Waals surface area contributed by atoms with Crippen molar-refractivity contribution in [1.29, 1.82) is 0 Å². The lowest BCUT2D eigenvalue weighted by molar-refractivity contribution is 0.300. The molecule has 0 aliphatic carbocycles. The van der Waals surface area contributed by atoms with E-state index in [0.717, 1.165) is 57.2 Å². The molecule has 0 saturated heterocycles. The van der Waals surface area contributed by atoms with Gasteiger partial charge in [0.25, 0.3) is 0 Å². The number of thiocarbonyl (C=S) groups is 1. The molecule has 1 heterocycles. The van der Waals surface area contributed by atoms with Crippen LogP contribution < -0.4 is 10.6 Å². The van der Waals surface area contributed by atoms with Crippen LogP contribution in [0.4, 0.5) is 0 Å². The summed E-state index contributed by atoms with van der Waals surface area (Å²) in [6.45, 7) is 10.5. The van der Waals surface area contributed by atoms with Gasteiger partial charge in [-0.15, -0.1) is 0 Å². The minimum Gasteiger partial charge on any atom is -0.363 e. The molecule has 0 spiro atoms. The largest absolute Gasteiger partial charge is 0.363 e. The van der Waals surface area contributed by atoms with Crippen LogP contribution in [0.1, 0.15) is 26.7 Å². The maximum Gasteiger partial charge on any atom is 0.166 e. The third-order valence-electron chi connectivity index (χ3n) is 3.24. The second kappa shape index (κ2) is 10.6. The molecule has 114 valence electrons. The maximum absolute atomic E-state index is 5.24. The Morgan fingerprint density at radius 2 is 1.90 bits per heavy atom. The molecule has 0 aliphatic heterocycles. The average Bonchev–Trinajstić information content (AvgIpc) is 2.97. The highest BCUT2D eigenvalue weighted by molar-refractivity contribution is 7.80. The van der Waals surface area contributed by atoms with E-state index in [1.807, 2.05) is 16.9 Å². The molecule has 2 N–H and O–H groups in total. The number of hydrogen-bond acceptors (Lipinski definition) is 3. The van der Waals surface area contributed by atoms with E-state index >= 15 is 0 Å². The molecule has 1 aromatic rings. The molecule has 0 radical (unpaired) electrons. The second-order valence-corrected chi connectivity index (χ2v) is 5.09. The Morgan fingerprint density at radius 3 is 2.50 bits per heavy atom. The Labute approximate surface area is 127 Å². The Balaban J connectivity index is 1.95. The molecule has 20 heavy (non-hydrogen) atoms. The number of nitrogens with one attached hydrogen (secondary N) is 2. The van der Waals surface area contributed by atoms with E-state index in [-0.39, 0.29) is 0 Å². The smallest absolute Gasteiger partial charge is 0.166 e. The van der Waals surface area contributed by atoms with Crippen molar-refractivity contribution >= 4 is 17.3 Å². The fraction of sp³-hybridized carbons (Fsp3) is 0.714. The quantitative estimate of drug-likeness (QED) is 0.506. The number of rotatable bonds is 10. The van der Waals surface area contributed by atoms with E-state index in [2.05, 4.69) is 34.5 Å². The molecule has 0 fully saturated rings. The van der Waals surface area contributed by atoms with Gasteiger partial charge in [-0.3, -0.25) is 4.68 Å². The summed E-state index contributed by atoms with van der Waals surface area (Å²) < 4.78 is 1.93. The molecule has 5 nitrogen and oxygen atoms in total. The lowest BCUT2D eigenvalue weighted by Crippen LogP contribution is -2.37. The van der Waals surface area contributed by atoms with Crippen LogP contribution in [0.3, 0.4) is 0 Å². The highest BCUT2D eigenvalue weighted by Gasteiger charge is 1.99. The molecule has 0 saturated carbocycles. The third-order valence-corrected chi connectivity index (χ3v) is 3.53. The number of nitrogens with zero attached hydrogens (tertiary/aromatic N) is 3. The molecule has 1 rings (SSSR count). The van der Waals surface area contributed by atoms with Crippen molar-refractivity contribution in [3.05, 3.63) is 18.5 Å². The summed E-state index contributed by atoms with van der Waals surface area (Å²) in [7, 11) is 0. The van der Waals surface area contributed by atoms with Gasteiger partial charge in [-0.1, -0.05) is 13.8 Å². The first kappa shape index (κ1) is 16.9. The monoisotopic (exact) mass is 297 g/mol. The summed E-state index contributed by atoms with van der Waals surface area (Å²) in [5.74, 6) is 0. The molecule has 0 aliphatic rings. The zero-order chi connectivity index (χ0) is 14.6. The first-order valence-electron chi connectivity index (χ1n) is 7.47. The van der Waals surface area contributed by atoms with Crippen LogP contribution >= 0.6 is 12.2 Å². The fourth-order valence-corrected chi connectivity index (χ4v) is 2.19. The van der Waals surface area contributed by atoms with Crippen LogP contribution in [0.25, 0.3) is 0 Å². The van der Waals surface area contributed by atoms with Crippen molar-refractivity contribution < 1.29 is 0 Å². The predicted octanol–water partition coefficient (Wildman–Crippen LogP) is 1.47. The average molecular weight is 297 g/mol. The molecule has 1 aromatic heterocycles. The summed E-state index contributed by atoms with van der Waals surface area (Å²) in [4.78, 5) is 2.42. The van der Waals surface area contributed by atoms with Crippen LogP contribution in [-0.2, 0) is 6.54 Å². The summed E-state index contributed by atoms with van der Waals surface area (Å²) in [5, 5.41) is 11.4. The molecular formula is C14H27N5S. The summed E-state index contributed by atoms with van der Waals surface area (Å²) >= 11 is 5.24. The van der Waals surface area contributed by atoms with Crippen molar-refractivity contribution in [2.45, 2.75) is 33.2 Å². The minimum absolute atomic E-state index is 0.755. The summed E-state index contributed by atoms with van der Waals surface area (Å²) in [5.41, 5.74) is 0. The van der Waals surface area contributed by atoms with Crippen molar-refractivity contribution in [3.8, 4) is 0 Å². The van der Waals surface area contributed by atoms with Gasteiger partial charge in [-0.2, -0.15) is 5.10 Å². The third kappa shape index (κ3) is 7.45. The van der Waals surface area contributed by atoms with E-state index in [1.54, 1.807) is 6.20 Å². The van der Waals surface area contributed by atoms with E-state index in [1.165, 1.54) is 0 Å². The van der Waals surface area contributed by atoms with Crippen molar-refractivity contribution in [2.75, 3.05) is 32.7 Å². The zero-order valence-corrected chi connectivity index (χ0v) is 13.5. The highest BCUT2D eigenvalue weighted by Crippen LogP contribution is 1.90. The van der Waals surface area contributed by atoms with E-state index < -0.39 is 0 Å². The van der Waals surface area contributed by atoms with Gasteiger partial charge < -0.3 is 15.5 Å². The van der Waals surface area contributed by atoms with Gasteiger partial charge in [0.05, 0.1) is 0 Å². The van der Waals surface area contributed by atoms with Gasteiger partial charge in [-0.05, 0) is 50.8 Å². The molecule has 0 amide bonds. The maximum atomic E-state index is 5.24. The molecule has 0 aromatic carbocycles. The van der Waals surface area contributed by atoms with Crippen LogP contribution in [0.15, 0.2) is 18.5 Å². The zero-order valence-electron chi connectivity index (χ0n) is 12.6. The number of hydrogen-bond donors (Lipinski definition) is 2. The normalized spacial score (nSPS) is 10.8. The Bertz CT molecular complexity index is 348. The Morgan fingerprint density at radius 1 is 1.20 bits per heavy atom. The topological polar surface area (TPSA) is 45.1 Å². The van der Waals surface area contributed by atoms with Crippen LogP contribution in [0, 0.1) is 0 Å². The first-order valence-corrected chi connectivity index (χ1v) is 7.88. The van der Waals surface area contributed by atoms with Crippen molar-refractivity contribution in [1.82, 2.24) is 25.3 Å². The number of aromatic nitrogens is 2. The highest BCUT2D eigenvalue weighted by atomic mass is 32.1. The lowest BCUT2D eigenvalue weighted by Gasteiger charge is -2.18. The van der Waals surface area contributed by atoms with E-state index in [4.69, 9.17) is 12.2 Å². The van der Waals surface area contributed by atoms with Gasteiger partial charge in [0.15, 0.2) is 5.11 Å². The lowest BCUT2D eigenvalue weighted by atomic mass is 10.3. The molecule has 0 bridgehead atoms. The molecule has 0 unspecified atom stereocenters. The summed E-state index contributed by atoms with van der Waals surface area (Å²) in [6.07, 6.45) is 5.92. The van der Waals surface area contributed by atoms with E-state index in [9.17, 15) is 0 Å². The van der Waals surface area contributed by atoms with Crippen LogP contribution in [0.5, 0.6) is 0 Å². The first-order chi connectivity index (χ1) is 9.76. The number of aryl methyl sites for hydroxylation is 1. The minimum atomic E-state index is 0.755. The summed E-state index contributed by atoms with van der Waals surface area (Å²) in [6, 6.07) is 1.94. The molecule has 0 atom stereocenters. The van der Waals surface area contributed by atoms with E-state index in [0.29, 0.717) is 0 Å². The molecular weight excluding hydrogens is 270 g/mol. The van der Waals surface area contributed by atoms with Gasteiger partial charge in [0.2, 0.25) is 0 Å². The van der Waals surface area contributed by atoms with Crippen LogP contribution in [-0.4, -0.2) is 52.5 Å². The molecule has 6 heteroatoms. The van der Waals surface area contributed by atoms with Gasteiger partial charge >= 0.3 is 0 Å². The SMILES string of the molecule is CCN(CC)CCCNC(=S)NCCCn1cccn1. The van der Waals surface area contributed by atoms with Gasteiger partial charge in [-0.25, -0.2) is 0 Å². The fourth-order valence-electron chi connectivity index (χ4n) is 1.98. The van der Waals surface area contributed by atoms with Gasteiger partial charge in [0, 0.05) is 32.0 Å². The Kier molecular flexibility index (Phi) is 8.98. The van der Waals surface area contributed by atoms with Gasteiger partial charge in [0.1, 0.15) is 0 Å². The standard InChI is InChI=1S/C14H27N5S/c1-3-18(4-2)11-5-8-15-14(20)16-9-6-12-19-13-7-10-17-19/h7,10,13H,3-6,8-9,11-12H2,1-2H3,(H2,15,16,20). The predicted molar refractivity (Wildman–Crippen MR) is 87.9 cm³/mol. The Hall–Kier alpha value is -1.14. The second-order valence-electron chi connectivity index (χ2n) is 4.69. The van der Waals surface area contributed by atoms with Crippen LogP contribution in [0.2, 0.25) is 0 Å². The van der Waals surface area contributed by atoms with Crippen molar-refractivity contribution in [2.24, 2.45) is 0 Å².